The van der Waals surface area contributed by atoms with Gasteiger partial charge in [-0.2, -0.15) is 9.40 Å². The largest absolute Gasteiger partial charge is 0.478 e. The fourth-order valence-electron chi connectivity index (χ4n) is 1.99. The van der Waals surface area contributed by atoms with Gasteiger partial charge in [0.2, 0.25) is 5.03 Å². The molecule has 0 spiro atoms. The maximum atomic E-state index is 12.5. The number of hydrogen-bond donors (Lipinski definition) is 1. The van der Waals surface area contributed by atoms with Crippen molar-refractivity contribution < 1.29 is 23.1 Å². The highest BCUT2D eigenvalue weighted by Crippen LogP contribution is 2.20. The summed E-state index contributed by atoms with van der Waals surface area (Å²) >= 11 is 0. The molecule has 112 valence electrons. The summed E-state index contributed by atoms with van der Waals surface area (Å²) in [6.45, 7) is 3.40. The number of ether oxygens (including phenoxy) is 1. The first-order chi connectivity index (χ1) is 9.46. The molecular weight excluding hydrogens is 286 g/mol. The van der Waals surface area contributed by atoms with Crippen LogP contribution >= 0.6 is 0 Å². The van der Waals surface area contributed by atoms with Crippen LogP contribution in [-0.4, -0.2) is 59.9 Å². The van der Waals surface area contributed by atoms with Crippen LogP contribution < -0.4 is 0 Å². The van der Waals surface area contributed by atoms with E-state index in [0.717, 1.165) is 6.42 Å². The number of aryl methyl sites for hydroxylation is 1. The van der Waals surface area contributed by atoms with Gasteiger partial charge in [0, 0.05) is 25.8 Å². The van der Waals surface area contributed by atoms with Crippen LogP contribution in [0.15, 0.2) is 11.2 Å². The van der Waals surface area contributed by atoms with Gasteiger partial charge in [0.1, 0.15) is 5.56 Å². The minimum atomic E-state index is -3.89. The van der Waals surface area contributed by atoms with E-state index in [2.05, 4.69) is 5.10 Å². The Bertz CT molecular complexity index is 589. The van der Waals surface area contributed by atoms with Crippen molar-refractivity contribution in [3.63, 3.8) is 0 Å². The lowest BCUT2D eigenvalue weighted by Gasteiger charge is -2.25. The molecule has 1 fully saturated rings. The predicted molar refractivity (Wildman–Crippen MR) is 69.1 cm³/mol. The molecule has 0 radical (unpaired) electrons. The average Bonchev–Trinajstić information content (AvgIpc) is 2.85. The number of nitrogens with zero attached hydrogens (tertiary/aromatic N) is 3. The second-order valence-corrected chi connectivity index (χ2v) is 6.29. The summed E-state index contributed by atoms with van der Waals surface area (Å²) in [5, 5.41) is 12.7. The summed E-state index contributed by atoms with van der Waals surface area (Å²) in [6.07, 6.45) is 2.00. The summed E-state index contributed by atoms with van der Waals surface area (Å²) in [6, 6.07) is 0. The number of hydrogen-bond acceptors (Lipinski definition) is 5. The molecule has 9 heteroatoms. The molecule has 1 N–H and O–H groups in total. The molecule has 0 atom stereocenters. The first-order valence-electron chi connectivity index (χ1n) is 6.35. The molecule has 1 aliphatic rings. The number of carbonyl (C=O) groups is 1. The van der Waals surface area contributed by atoms with Crippen molar-refractivity contribution in [3.8, 4) is 0 Å². The van der Waals surface area contributed by atoms with Gasteiger partial charge in [0.05, 0.1) is 13.2 Å². The second-order valence-electron chi connectivity index (χ2n) is 4.43. The van der Waals surface area contributed by atoms with Gasteiger partial charge in [-0.05, 0) is 6.42 Å². The molecule has 0 bridgehead atoms. The molecule has 1 aliphatic heterocycles. The fraction of sp³-hybridized carbons (Fsp3) is 0.636. The van der Waals surface area contributed by atoms with E-state index >= 15 is 0 Å². The standard InChI is InChI=1S/C11H17N3O5S/c1-2-3-13-8-9(11(15)16)10(12-13)20(17,18)14-4-6-19-7-5-14/h8H,2-7H2,1H3,(H,15,16). The highest BCUT2D eigenvalue weighted by molar-refractivity contribution is 7.89. The molecule has 8 nitrogen and oxygen atoms in total. The Hall–Kier alpha value is -1.45. The molecule has 2 rings (SSSR count). The number of carboxylic acids is 1. The molecule has 20 heavy (non-hydrogen) atoms. The van der Waals surface area contributed by atoms with Gasteiger partial charge in [-0.1, -0.05) is 6.92 Å². The minimum absolute atomic E-state index is 0.210. The fourth-order valence-corrected chi connectivity index (χ4v) is 3.49. The van der Waals surface area contributed by atoms with Gasteiger partial charge in [0.15, 0.2) is 0 Å². The summed E-state index contributed by atoms with van der Waals surface area (Å²) in [4.78, 5) is 11.2. The SMILES string of the molecule is CCCn1cc(C(=O)O)c(S(=O)(=O)N2CCOCC2)n1. The van der Waals surface area contributed by atoms with Crippen molar-refractivity contribution in [2.45, 2.75) is 24.9 Å². The third-order valence-corrected chi connectivity index (χ3v) is 4.80. The number of carboxylic acid groups (broad SMARTS) is 1. The molecule has 0 unspecified atom stereocenters. The van der Waals surface area contributed by atoms with E-state index in [4.69, 9.17) is 9.84 Å². The minimum Gasteiger partial charge on any atom is -0.478 e. The maximum absolute atomic E-state index is 12.5. The summed E-state index contributed by atoms with van der Waals surface area (Å²) < 4.78 is 32.6. The molecule has 0 aliphatic carbocycles. The Labute approximate surface area is 117 Å². The van der Waals surface area contributed by atoms with E-state index in [1.165, 1.54) is 15.2 Å². The van der Waals surface area contributed by atoms with Crippen LogP contribution in [0, 0.1) is 0 Å². The normalized spacial score (nSPS) is 17.2. The Balaban J connectivity index is 2.41. The van der Waals surface area contributed by atoms with E-state index in [9.17, 15) is 13.2 Å². The summed E-state index contributed by atoms with van der Waals surface area (Å²) in [5.74, 6) is -1.29. The van der Waals surface area contributed by atoms with Gasteiger partial charge < -0.3 is 9.84 Å². The zero-order valence-corrected chi connectivity index (χ0v) is 12.0. The quantitative estimate of drug-likeness (QED) is 0.822. The van der Waals surface area contributed by atoms with Crippen LogP contribution in [0.3, 0.4) is 0 Å². The van der Waals surface area contributed by atoms with Gasteiger partial charge in [-0.25, -0.2) is 13.2 Å². The zero-order chi connectivity index (χ0) is 14.8. The van der Waals surface area contributed by atoms with Crippen LogP contribution in [-0.2, 0) is 21.3 Å². The molecule has 1 aromatic rings. The predicted octanol–water partition coefficient (Wildman–Crippen LogP) is 0.0122. The Morgan fingerprint density at radius 3 is 2.65 bits per heavy atom. The average molecular weight is 303 g/mol. The monoisotopic (exact) mass is 303 g/mol. The molecule has 1 saturated heterocycles. The lowest BCUT2D eigenvalue weighted by molar-refractivity contribution is 0.0688. The first-order valence-corrected chi connectivity index (χ1v) is 7.79. The van der Waals surface area contributed by atoms with E-state index in [-0.39, 0.29) is 23.7 Å². The number of sulfonamides is 1. The van der Waals surface area contributed by atoms with E-state index in [1.54, 1.807) is 0 Å². The van der Waals surface area contributed by atoms with Gasteiger partial charge in [-0.3, -0.25) is 4.68 Å². The van der Waals surface area contributed by atoms with Crippen molar-refractivity contribution >= 4 is 16.0 Å². The Morgan fingerprint density at radius 2 is 2.10 bits per heavy atom. The van der Waals surface area contributed by atoms with Crippen LogP contribution in [0.4, 0.5) is 0 Å². The van der Waals surface area contributed by atoms with Crippen LogP contribution in [0.25, 0.3) is 0 Å². The van der Waals surface area contributed by atoms with Crippen molar-refractivity contribution in [2.24, 2.45) is 0 Å². The zero-order valence-electron chi connectivity index (χ0n) is 11.2. The molecule has 0 amide bonds. The maximum Gasteiger partial charge on any atom is 0.340 e. The number of rotatable bonds is 5. The smallest absolute Gasteiger partial charge is 0.340 e. The molecule has 2 heterocycles. The lowest BCUT2D eigenvalue weighted by Crippen LogP contribution is -2.41. The number of morpholine rings is 1. The van der Waals surface area contributed by atoms with Gasteiger partial charge in [-0.15, -0.1) is 0 Å². The molecule has 0 aromatic carbocycles. The third kappa shape index (κ3) is 2.84. The second kappa shape index (κ2) is 5.90. The topological polar surface area (TPSA) is 102 Å². The van der Waals surface area contributed by atoms with Crippen LogP contribution in [0.1, 0.15) is 23.7 Å². The first kappa shape index (κ1) is 14.9. The van der Waals surface area contributed by atoms with Crippen molar-refractivity contribution in [1.29, 1.82) is 0 Å². The van der Waals surface area contributed by atoms with Crippen molar-refractivity contribution in [2.75, 3.05) is 26.3 Å². The summed E-state index contributed by atoms with van der Waals surface area (Å²) in [7, 11) is -3.89. The van der Waals surface area contributed by atoms with Gasteiger partial charge in [0.25, 0.3) is 10.0 Å². The lowest BCUT2D eigenvalue weighted by atomic mass is 10.4. The summed E-state index contributed by atoms with van der Waals surface area (Å²) in [5.41, 5.74) is -0.287. The van der Waals surface area contributed by atoms with E-state index < -0.39 is 16.0 Å². The Kier molecular flexibility index (Phi) is 4.41. The van der Waals surface area contributed by atoms with Crippen LogP contribution in [0.5, 0.6) is 0 Å². The molecule has 0 saturated carbocycles. The highest BCUT2D eigenvalue weighted by Gasteiger charge is 2.33. The van der Waals surface area contributed by atoms with E-state index in [0.29, 0.717) is 19.8 Å². The number of aromatic carboxylic acids is 1. The van der Waals surface area contributed by atoms with E-state index in [1.807, 2.05) is 6.92 Å². The highest BCUT2D eigenvalue weighted by atomic mass is 32.2. The Morgan fingerprint density at radius 1 is 1.45 bits per heavy atom. The van der Waals surface area contributed by atoms with Crippen molar-refractivity contribution in [1.82, 2.24) is 14.1 Å². The van der Waals surface area contributed by atoms with Crippen LogP contribution in [0.2, 0.25) is 0 Å². The molecule has 1 aromatic heterocycles. The molecular formula is C11H17N3O5S. The number of aromatic nitrogens is 2. The third-order valence-electron chi connectivity index (χ3n) is 2.97. The van der Waals surface area contributed by atoms with Gasteiger partial charge >= 0.3 is 5.97 Å². The van der Waals surface area contributed by atoms with Crippen molar-refractivity contribution in [3.05, 3.63) is 11.8 Å².